The molecule has 102 valence electrons. The Labute approximate surface area is 114 Å². The highest BCUT2D eigenvalue weighted by Crippen LogP contribution is 2.36. The SMILES string of the molecule is CNC(Cc1c(Cl)c(C)nn1C)C(OC)C1CC1. The Morgan fingerprint density at radius 3 is 2.61 bits per heavy atom. The van der Waals surface area contributed by atoms with Crippen LogP contribution in [0.25, 0.3) is 0 Å². The lowest BCUT2D eigenvalue weighted by molar-refractivity contribution is 0.0529. The van der Waals surface area contributed by atoms with Crippen LogP contribution < -0.4 is 5.32 Å². The number of aromatic nitrogens is 2. The van der Waals surface area contributed by atoms with E-state index in [1.807, 2.05) is 25.7 Å². The zero-order chi connectivity index (χ0) is 13.3. The zero-order valence-electron chi connectivity index (χ0n) is 11.5. The molecule has 1 aliphatic carbocycles. The molecular weight excluding hydrogens is 250 g/mol. The third kappa shape index (κ3) is 2.71. The van der Waals surface area contributed by atoms with Gasteiger partial charge in [-0.3, -0.25) is 4.68 Å². The predicted molar refractivity (Wildman–Crippen MR) is 73.0 cm³/mol. The van der Waals surface area contributed by atoms with Crippen LogP contribution in [0.1, 0.15) is 24.2 Å². The van der Waals surface area contributed by atoms with Gasteiger partial charge in [0.15, 0.2) is 0 Å². The van der Waals surface area contributed by atoms with E-state index < -0.39 is 0 Å². The maximum atomic E-state index is 6.31. The lowest BCUT2D eigenvalue weighted by Gasteiger charge is -2.25. The van der Waals surface area contributed by atoms with Crippen molar-refractivity contribution in [3.05, 3.63) is 16.4 Å². The largest absolute Gasteiger partial charge is 0.380 e. The normalized spacial score (nSPS) is 18.9. The molecule has 0 aliphatic heterocycles. The van der Waals surface area contributed by atoms with E-state index in [-0.39, 0.29) is 12.1 Å². The average Bonchev–Trinajstić information content (AvgIpc) is 3.13. The quantitative estimate of drug-likeness (QED) is 0.859. The van der Waals surface area contributed by atoms with Crippen molar-refractivity contribution in [1.29, 1.82) is 0 Å². The molecule has 0 saturated heterocycles. The lowest BCUT2D eigenvalue weighted by Crippen LogP contribution is -2.42. The molecule has 1 saturated carbocycles. The first kappa shape index (κ1) is 13.8. The van der Waals surface area contributed by atoms with Gasteiger partial charge in [-0.2, -0.15) is 5.10 Å². The molecule has 1 N–H and O–H groups in total. The summed E-state index contributed by atoms with van der Waals surface area (Å²) in [4.78, 5) is 0. The molecule has 4 nitrogen and oxygen atoms in total. The van der Waals surface area contributed by atoms with Crippen molar-refractivity contribution in [1.82, 2.24) is 15.1 Å². The summed E-state index contributed by atoms with van der Waals surface area (Å²) in [5, 5.41) is 8.50. The van der Waals surface area contributed by atoms with Crippen LogP contribution in [0.5, 0.6) is 0 Å². The van der Waals surface area contributed by atoms with Crippen LogP contribution >= 0.6 is 11.6 Å². The zero-order valence-corrected chi connectivity index (χ0v) is 12.3. The molecule has 2 rings (SSSR count). The van der Waals surface area contributed by atoms with Crippen molar-refractivity contribution in [2.45, 2.75) is 38.3 Å². The summed E-state index contributed by atoms with van der Waals surface area (Å²) in [6.07, 6.45) is 3.66. The van der Waals surface area contributed by atoms with Gasteiger partial charge < -0.3 is 10.1 Å². The highest BCUT2D eigenvalue weighted by Gasteiger charge is 2.36. The van der Waals surface area contributed by atoms with Gasteiger partial charge in [0.1, 0.15) is 0 Å². The molecule has 0 amide bonds. The maximum absolute atomic E-state index is 6.31. The first-order valence-corrected chi connectivity index (χ1v) is 6.84. The smallest absolute Gasteiger partial charge is 0.0847 e. The van der Waals surface area contributed by atoms with E-state index in [0.717, 1.165) is 22.8 Å². The summed E-state index contributed by atoms with van der Waals surface area (Å²) >= 11 is 6.31. The Bertz CT molecular complexity index is 415. The van der Waals surface area contributed by atoms with Crippen molar-refractivity contribution < 1.29 is 4.74 Å². The van der Waals surface area contributed by atoms with Gasteiger partial charge >= 0.3 is 0 Å². The molecule has 0 spiro atoms. The van der Waals surface area contributed by atoms with Crippen molar-refractivity contribution in [3.8, 4) is 0 Å². The average molecular weight is 272 g/mol. The molecule has 2 unspecified atom stereocenters. The van der Waals surface area contributed by atoms with Crippen LogP contribution in [-0.4, -0.2) is 36.1 Å². The van der Waals surface area contributed by atoms with Gasteiger partial charge in [0.05, 0.1) is 22.5 Å². The van der Waals surface area contributed by atoms with Crippen LogP contribution in [0.2, 0.25) is 5.02 Å². The van der Waals surface area contributed by atoms with Gasteiger partial charge in [0.2, 0.25) is 0 Å². The summed E-state index contributed by atoms with van der Waals surface area (Å²) < 4.78 is 7.53. The highest BCUT2D eigenvalue weighted by molar-refractivity contribution is 6.31. The molecule has 2 atom stereocenters. The molecule has 18 heavy (non-hydrogen) atoms. The van der Waals surface area contributed by atoms with E-state index in [0.29, 0.717) is 5.92 Å². The minimum Gasteiger partial charge on any atom is -0.380 e. The predicted octanol–water partition coefficient (Wildman–Crippen LogP) is 1.94. The minimum absolute atomic E-state index is 0.265. The molecule has 1 aromatic rings. The van der Waals surface area contributed by atoms with Crippen LogP contribution in [0.3, 0.4) is 0 Å². The van der Waals surface area contributed by atoms with E-state index in [1.54, 1.807) is 7.11 Å². The molecule has 0 aromatic carbocycles. The lowest BCUT2D eigenvalue weighted by atomic mass is 10.0. The molecule has 0 bridgehead atoms. The number of ether oxygens (including phenoxy) is 1. The van der Waals surface area contributed by atoms with Crippen molar-refractivity contribution in [3.63, 3.8) is 0 Å². The fourth-order valence-corrected chi connectivity index (χ4v) is 2.84. The van der Waals surface area contributed by atoms with E-state index in [9.17, 15) is 0 Å². The number of nitrogens with zero attached hydrogens (tertiary/aromatic N) is 2. The maximum Gasteiger partial charge on any atom is 0.0847 e. The Hall–Kier alpha value is -0.580. The fraction of sp³-hybridized carbons (Fsp3) is 0.769. The van der Waals surface area contributed by atoms with Crippen molar-refractivity contribution in [2.24, 2.45) is 13.0 Å². The van der Waals surface area contributed by atoms with Crippen LogP contribution in [0.4, 0.5) is 0 Å². The van der Waals surface area contributed by atoms with Crippen LogP contribution in [-0.2, 0) is 18.2 Å². The Morgan fingerprint density at radius 1 is 1.56 bits per heavy atom. The standard InChI is InChI=1S/C13H22ClN3O/c1-8-12(14)11(17(3)16-8)7-10(15-2)13(18-4)9-5-6-9/h9-10,13,15H,5-7H2,1-4H3. The number of likely N-dealkylation sites (N-methyl/N-ethyl adjacent to an activating group) is 1. The number of rotatable bonds is 6. The monoisotopic (exact) mass is 271 g/mol. The second-order valence-electron chi connectivity index (χ2n) is 5.11. The van der Waals surface area contributed by atoms with Gasteiger partial charge in [-0.1, -0.05) is 11.6 Å². The molecule has 1 heterocycles. The summed E-state index contributed by atoms with van der Waals surface area (Å²) in [6.45, 7) is 1.94. The van der Waals surface area contributed by atoms with E-state index in [4.69, 9.17) is 16.3 Å². The minimum atomic E-state index is 0.265. The number of hydrogen-bond acceptors (Lipinski definition) is 3. The number of hydrogen-bond donors (Lipinski definition) is 1. The fourth-order valence-electron chi connectivity index (χ4n) is 2.60. The number of aryl methyl sites for hydroxylation is 2. The summed E-state index contributed by atoms with van der Waals surface area (Å²) in [5.41, 5.74) is 1.97. The molecule has 5 heteroatoms. The first-order valence-electron chi connectivity index (χ1n) is 6.46. The molecular formula is C13H22ClN3O. The van der Waals surface area contributed by atoms with E-state index in [2.05, 4.69) is 10.4 Å². The van der Waals surface area contributed by atoms with Gasteiger partial charge in [-0.25, -0.2) is 0 Å². The second-order valence-corrected chi connectivity index (χ2v) is 5.48. The highest BCUT2D eigenvalue weighted by atomic mass is 35.5. The molecule has 1 aromatic heterocycles. The third-order valence-electron chi connectivity index (χ3n) is 3.80. The Morgan fingerprint density at radius 2 is 2.22 bits per heavy atom. The van der Waals surface area contributed by atoms with E-state index >= 15 is 0 Å². The third-order valence-corrected chi connectivity index (χ3v) is 4.29. The van der Waals surface area contributed by atoms with Crippen LogP contribution in [0, 0.1) is 12.8 Å². The van der Waals surface area contributed by atoms with Gasteiger partial charge in [-0.15, -0.1) is 0 Å². The van der Waals surface area contributed by atoms with Crippen LogP contribution in [0.15, 0.2) is 0 Å². The first-order chi connectivity index (χ1) is 8.58. The summed E-state index contributed by atoms with van der Waals surface area (Å²) in [5.74, 6) is 0.695. The van der Waals surface area contributed by atoms with Crippen molar-refractivity contribution in [2.75, 3.05) is 14.2 Å². The Kier molecular flexibility index (Phi) is 4.30. The van der Waals surface area contributed by atoms with Crippen molar-refractivity contribution >= 4 is 11.6 Å². The number of nitrogens with one attached hydrogen (secondary N) is 1. The summed E-state index contributed by atoms with van der Waals surface area (Å²) in [7, 11) is 5.72. The number of halogens is 1. The second kappa shape index (κ2) is 5.59. The topological polar surface area (TPSA) is 39.1 Å². The van der Waals surface area contributed by atoms with Gasteiger partial charge in [-0.05, 0) is 32.7 Å². The molecule has 1 fully saturated rings. The molecule has 1 aliphatic rings. The Balaban J connectivity index is 2.14. The molecule has 0 radical (unpaired) electrons. The van der Waals surface area contributed by atoms with Gasteiger partial charge in [0, 0.05) is 26.6 Å². The van der Waals surface area contributed by atoms with E-state index in [1.165, 1.54) is 12.8 Å². The van der Waals surface area contributed by atoms with Gasteiger partial charge in [0.25, 0.3) is 0 Å². The summed E-state index contributed by atoms with van der Waals surface area (Å²) in [6, 6.07) is 0.287. The number of methoxy groups -OCH3 is 1.